The second-order valence-corrected chi connectivity index (χ2v) is 2.03. The monoisotopic (exact) mass is 172 g/mol. The minimum atomic E-state index is -0.323. The second-order valence-electron chi connectivity index (χ2n) is 2.03. The van der Waals surface area contributed by atoms with E-state index in [0.29, 0.717) is 0 Å². The fourth-order valence-electron chi connectivity index (χ4n) is 0.526. The van der Waals surface area contributed by atoms with Gasteiger partial charge in [0.05, 0.1) is 27.1 Å². The van der Waals surface area contributed by atoms with E-state index < -0.39 is 0 Å². The summed E-state index contributed by atoms with van der Waals surface area (Å²) in [5, 5.41) is 0. The zero-order valence-corrected chi connectivity index (χ0v) is 7.20. The molecule has 0 rings (SSSR count). The van der Waals surface area contributed by atoms with Crippen LogP contribution >= 0.6 is 0 Å². The Morgan fingerprint density at radius 2 is 1.33 bits per heavy atom. The SMILES string of the molecule is COC(=O)C/C=C/CC(=O)OC. The van der Waals surface area contributed by atoms with E-state index in [9.17, 15) is 9.59 Å². The third-order valence-electron chi connectivity index (χ3n) is 1.19. The van der Waals surface area contributed by atoms with Crippen LogP contribution in [0.2, 0.25) is 0 Å². The molecule has 0 aliphatic heterocycles. The molecule has 0 aromatic rings. The van der Waals surface area contributed by atoms with Gasteiger partial charge in [-0.3, -0.25) is 9.59 Å². The molecule has 4 nitrogen and oxygen atoms in total. The van der Waals surface area contributed by atoms with E-state index in [2.05, 4.69) is 9.47 Å². The lowest BCUT2D eigenvalue weighted by atomic mass is 10.3. The fourth-order valence-corrected chi connectivity index (χ4v) is 0.526. The summed E-state index contributed by atoms with van der Waals surface area (Å²) in [4.78, 5) is 21.1. The van der Waals surface area contributed by atoms with Crippen LogP contribution in [0.3, 0.4) is 0 Å². The van der Waals surface area contributed by atoms with Gasteiger partial charge in [-0.25, -0.2) is 0 Å². The Morgan fingerprint density at radius 1 is 1.00 bits per heavy atom. The number of methoxy groups -OCH3 is 2. The molecular formula is C8H12O4. The molecule has 0 radical (unpaired) electrons. The maximum atomic E-state index is 10.5. The predicted molar refractivity (Wildman–Crippen MR) is 42.4 cm³/mol. The van der Waals surface area contributed by atoms with Crippen LogP contribution in [0.25, 0.3) is 0 Å². The first kappa shape index (κ1) is 10.7. The highest BCUT2D eigenvalue weighted by atomic mass is 16.5. The number of carbonyl (C=O) groups is 2. The molecule has 0 saturated heterocycles. The Morgan fingerprint density at radius 3 is 1.58 bits per heavy atom. The number of rotatable bonds is 4. The molecule has 0 aromatic heterocycles. The summed E-state index contributed by atoms with van der Waals surface area (Å²) >= 11 is 0. The van der Waals surface area contributed by atoms with Crippen LogP contribution in [-0.2, 0) is 19.1 Å². The van der Waals surface area contributed by atoms with Crippen molar-refractivity contribution < 1.29 is 19.1 Å². The maximum absolute atomic E-state index is 10.5. The molecule has 0 aliphatic carbocycles. The fraction of sp³-hybridized carbons (Fsp3) is 0.500. The van der Waals surface area contributed by atoms with Crippen molar-refractivity contribution in [1.29, 1.82) is 0 Å². The number of esters is 2. The Bertz CT molecular complexity index is 163. The summed E-state index contributed by atoms with van der Waals surface area (Å²) in [6, 6.07) is 0. The molecule has 0 aromatic carbocycles. The van der Waals surface area contributed by atoms with Gasteiger partial charge in [-0.05, 0) is 0 Å². The van der Waals surface area contributed by atoms with Gasteiger partial charge in [0, 0.05) is 0 Å². The van der Waals surface area contributed by atoms with Crippen LogP contribution in [0.15, 0.2) is 12.2 Å². The number of carbonyl (C=O) groups excluding carboxylic acids is 2. The van der Waals surface area contributed by atoms with Crippen LogP contribution in [-0.4, -0.2) is 26.2 Å². The van der Waals surface area contributed by atoms with Gasteiger partial charge in [-0.1, -0.05) is 12.2 Å². The van der Waals surface area contributed by atoms with Crippen LogP contribution in [0, 0.1) is 0 Å². The van der Waals surface area contributed by atoms with Gasteiger partial charge < -0.3 is 9.47 Å². The second kappa shape index (κ2) is 6.39. The molecule has 4 heteroatoms. The lowest BCUT2D eigenvalue weighted by molar-refractivity contribution is -0.140. The van der Waals surface area contributed by atoms with Crippen molar-refractivity contribution in [2.75, 3.05) is 14.2 Å². The maximum Gasteiger partial charge on any atom is 0.309 e. The summed E-state index contributed by atoms with van der Waals surface area (Å²) in [6.45, 7) is 0. The van der Waals surface area contributed by atoms with Gasteiger partial charge in [0.15, 0.2) is 0 Å². The highest BCUT2D eigenvalue weighted by molar-refractivity contribution is 5.72. The zero-order chi connectivity index (χ0) is 9.40. The average molecular weight is 172 g/mol. The predicted octanol–water partition coefficient (Wildman–Crippen LogP) is 0.669. The van der Waals surface area contributed by atoms with Crippen molar-refractivity contribution >= 4 is 11.9 Å². The number of hydrogen-bond acceptors (Lipinski definition) is 4. The summed E-state index contributed by atoms with van der Waals surface area (Å²) in [7, 11) is 2.63. The van der Waals surface area contributed by atoms with Crippen molar-refractivity contribution in [1.82, 2.24) is 0 Å². The lowest BCUT2D eigenvalue weighted by Gasteiger charge is -1.93. The Balaban J connectivity index is 3.50. The van der Waals surface area contributed by atoms with Gasteiger partial charge in [-0.15, -0.1) is 0 Å². The molecule has 0 amide bonds. The zero-order valence-electron chi connectivity index (χ0n) is 7.20. The molecule has 0 heterocycles. The Labute approximate surface area is 71.2 Å². The van der Waals surface area contributed by atoms with Crippen LogP contribution in [0.4, 0.5) is 0 Å². The average Bonchev–Trinajstić information content (AvgIpc) is 2.11. The topological polar surface area (TPSA) is 52.6 Å². The minimum Gasteiger partial charge on any atom is -0.469 e. The minimum absolute atomic E-state index is 0.188. The van der Waals surface area contributed by atoms with Gasteiger partial charge in [0.2, 0.25) is 0 Å². The van der Waals surface area contributed by atoms with E-state index in [1.165, 1.54) is 14.2 Å². The van der Waals surface area contributed by atoms with Gasteiger partial charge in [0.1, 0.15) is 0 Å². The van der Waals surface area contributed by atoms with Crippen molar-refractivity contribution in [2.24, 2.45) is 0 Å². The van der Waals surface area contributed by atoms with Crippen molar-refractivity contribution in [3.63, 3.8) is 0 Å². The molecule has 12 heavy (non-hydrogen) atoms. The summed E-state index contributed by atoms with van der Waals surface area (Å²) < 4.78 is 8.75. The first-order valence-electron chi connectivity index (χ1n) is 3.49. The van der Waals surface area contributed by atoms with Gasteiger partial charge >= 0.3 is 11.9 Å². The molecule has 68 valence electrons. The molecule has 0 spiro atoms. The first-order chi connectivity index (χ1) is 5.70. The number of ether oxygens (including phenoxy) is 2. The van der Waals surface area contributed by atoms with Gasteiger partial charge in [-0.2, -0.15) is 0 Å². The van der Waals surface area contributed by atoms with E-state index >= 15 is 0 Å². The normalized spacial score (nSPS) is 9.83. The van der Waals surface area contributed by atoms with E-state index in [0.717, 1.165) is 0 Å². The molecule has 0 aliphatic rings. The van der Waals surface area contributed by atoms with Gasteiger partial charge in [0.25, 0.3) is 0 Å². The van der Waals surface area contributed by atoms with E-state index in [1.54, 1.807) is 12.2 Å². The van der Waals surface area contributed by atoms with Crippen molar-refractivity contribution in [3.8, 4) is 0 Å². The molecule has 0 fully saturated rings. The molecular weight excluding hydrogens is 160 g/mol. The van der Waals surface area contributed by atoms with E-state index in [4.69, 9.17) is 0 Å². The standard InChI is InChI=1S/C8H12O4/c1-11-7(9)5-3-4-6-8(10)12-2/h3-4H,5-6H2,1-2H3/b4-3+. The Hall–Kier alpha value is -1.32. The molecule has 0 N–H and O–H groups in total. The molecule has 0 bridgehead atoms. The Kier molecular flexibility index (Phi) is 5.69. The van der Waals surface area contributed by atoms with Crippen LogP contribution < -0.4 is 0 Å². The van der Waals surface area contributed by atoms with E-state index in [1.807, 2.05) is 0 Å². The number of hydrogen-bond donors (Lipinski definition) is 0. The van der Waals surface area contributed by atoms with Crippen molar-refractivity contribution in [3.05, 3.63) is 12.2 Å². The first-order valence-corrected chi connectivity index (χ1v) is 3.49. The highest BCUT2D eigenvalue weighted by Crippen LogP contribution is 1.91. The van der Waals surface area contributed by atoms with Crippen molar-refractivity contribution in [2.45, 2.75) is 12.8 Å². The molecule has 0 unspecified atom stereocenters. The summed E-state index contributed by atoms with van der Waals surface area (Å²) in [5.41, 5.74) is 0. The lowest BCUT2D eigenvalue weighted by Crippen LogP contribution is -1.99. The van der Waals surface area contributed by atoms with Crippen LogP contribution in [0.1, 0.15) is 12.8 Å². The third-order valence-corrected chi connectivity index (χ3v) is 1.19. The summed E-state index contributed by atoms with van der Waals surface area (Å²) in [5.74, 6) is -0.646. The molecule has 0 saturated carbocycles. The van der Waals surface area contributed by atoms with Crippen LogP contribution in [0.5, 0.6) is 0 Å². The quantitative estimate of drug-likeness (QED) is 0.462. The van der Waals surface area contributed by atoms with E-state index in [-0.39, 0.29) is 24.8 Å². The molecule has 0 atom stereocenters. The smallest absolute Gasteiger partial charge is 0.309 e. The third kappa shape index (κ3) is 5.46. The summed E-state index contributed by atoms with van der Waals surface area (Å²) in [6.07, 6.45) is 3.52. The largest absolute Gasteiger partial charge is 0.469 e. The highest BCUT2D eigenvalue weighted by Gasteiger charge is 1.96.